The molecule has 0 radical (unpaired) electrons. The maximum Gasteiger partial charge on any atom is 0.410 e. The molecule has 0 unspecified atom stereocenters. The van der Waals surface area contributed by atoms with Crippen molar-refractivity contribution in [3.8, 4) is 0 Å². The van der Waals surface area contributed by atoms with Gasteiger partial charge < -0.3 is 14.2 Å². The van der Waals surface area contributed by atoms with Crippen molar-refractivity contribution in [2.24, 2.45) is 0 Å². The molecule has 180 valence electrons. The third-order valence-electron chi connectivity index (χ3n) is 6.16. The van der Waals surface area contributed by atoms with Gasteiger partial charge in [-0.3, -0.25) is 15.1 Å². The highest BCUT2D eigenvalue weighted by atomic mass is 19.1. The van der Waals surface area contributed by atoms with E-state index in [4.69, 9.17) is 4.74 Å². The van der Waals surface area contributed by atoms with Gasteiger partial charge in [0.25, 0.3) is 5.69 Å². The van der Waals surface area contributed by atoms with Crippen molar-refractivity contribution < 1.29 is 18.8 Å². The van der Waals surface area contributed by atoms with E-state index in [1.807, 2.05) is 33.9 Å². The van der Waals surface area contributed by atoms with Crippen LogP contribution in [0.5, 0.6) is 0 Å². The van der Waals surface area contributed by atoms with Crippen LogP contribution < -0.4 is 0 Å². The second-order valence-electron chi connectivity index (χ2n) is 9.84. The van der Waals surface area contributed by atoms with Crippen LogP contribution in [0.25, 0.3) is 10.9 Å². The van der Waals surface area contributed by atoms with E-state index in [0.717, 1.165) is 35.7 Å². The number of nitro groups is 1. The standard InChI is InChI=1S/C25H29FN4O4/c1-16-11-19(17-5-8-28(9-6-17)24(31)34-25(2,3)4)14-27-22(16)15-29-10-7-18-12-20(30(32)33)13-21(26)23(18)29/h7,10-14,17H,5-6,8-9,15H2,1-4H3. The first-order valence-corrected chi connectivity index (χ1v) is 11.4. The first-order valence-electron chi connectivity index (χ1n) is 11.4. The van der Waals surface area contributed by atoms with Crippen LogP contribution in [0.15, 0.2) is 36.7 Å². The Kier molecular flexibility index (Phi) is 6.29. The molecule has 1 aliphatic heterocycles. The Morgan fingerprint density at radius 1 is 1.26 bits per heavy atom. The average Bonchev–Trinajstić information content (AvgIpc) is 3.17. The van der Waals surface area contributed by atoms with Crippen molar-refractivity contribution in [1.82, 2.24) is 14.5 Å². The largest absolute Gasteiger partial charge is 0.444 e. The lowest BCUT2D eigenvalue weighted by atomic mass is 9.89. The van der Waals surface area contributed by atoms with Crippen LogP contribution in [0.2, 0.25) is 0 Å². The summed E-state index contributed by atoms with van der Waals surface area (Å²) in [6.07, 6.45) is 4.99. The summed E-state index contributed by atoms with van der Waals surface area (Å²) in [5.74, 6) is -0.315. The molecule has 1 fully saturated rings. The number of amides is 1. The summed E-state index contributed by atoms with van der Waals surface area (Å²) in [6.45, 7) is 9.21. The molecule has 0 atom stereocenters. The van der Waals surface area contributed by atoms with Gasteiger partial charge in [-0.05, 0) is 63.6 Å². The van der Waals surface area contributed by atoms with Gasteiger partial charge in [0, 0.05) is 36.9 Å². The van der Waals surface area contributed by atoms with Gasteiger partial charge in [-0.25, -0.2) is 9.18 Å². The fourth-order valence-corrected chi connectivity index (χ4v) is 4.41. The van der Waals surface area contributed by atoms with E-state index >= 15 is 0 Å². The maximum absolute atomic E-state index is 14.6. The van der Waals surface area contributed by atoms with E-state index in [1.54, 1.807) is 21.7 Å². The number of fused-ring (bicyclic) bond motifs is 1. The Balaban J connectivity index is 1.45. The number of likely N-dealkylation sites (tertiary alicyclic amines) is 1. The number of benzene rings is 1. The molecular weight excluding hydrogens is 439 g/mol. The van der Waals surface area contributed by atoms with Crippen LogP contribution in [0, 0.1) is 22.9 Å². The Bertz CT molecular complexity index is 1240. The van der Waals surface area contributed by atoms with Crippen molar-refractivity contribution in [2.45, 2.75) is 58.6 Å². The monoisotopic (exact) mass is 468 g/mol. The van der Waals surface area contributed by atoms with E-state index in [-0.39, 0.29) is 11.8 Å². The fraction of sp³-hybridized carbons (Fsp3) is 0.440. The third-order valence-corrected chi connectivity index (χ3v) is 6.16. The lowest BCUT2D eigenvalue weighted by Gasteiger charge is -2.33. The molecule has 1 saturated heterocycles. The lowest BCUT2D eigenvalue weighted by Crippen LogP contribution is -2.41. The summed E-state index contributed by atoms with van der Waals surface area (Å²) in [7, 11) is 0. The molecule has 2 aromatic heterocycles. The predicted molar refractivity (Wildman–Crippen MR) is 126 cm³/mol. The van der Waals surface area contributed by atoms with Gasteiger partial charge >= 0.3 is 6.09 Å². The van der Waals surface area contributed by atoms with Crippen molar-refractivity contribution in [3.05, 3.63) is 69.4 Å². The number of non-ortho nitro benzene ring substituents is 1. The van der Waals surface area contributed by atoms with Crippen LogP contribution in [0.4, 0.5) is 14.9 Å². The number of carbonyl (C=O) groups is 1. The van der Waals surface area contributed by atoms with Crippen molar-refractivity contribution >= 4 is 22.7 Å². The van der Waals surface area contributed by atoms with Crippen LogP contribution >= 0.6 is 0 Å². The van der Waals surface area contributed by atoms with Gasteiger partial charge in [0.15, 0.2) is 5.82 Å². The predicted octanol–water partition coefficient (Wildman–Crippen LogP) is 5.55. The summed E-state index contributed by atoms with van der Waals surface area (Å²) in [4.78, 5) is 29.1. The number of halogens is 1. The van der Waals surface area contributed by atoms with E-state index in [9.17, 15) is 19.3 Å². The topological polar surface area (TPSA) is 90.5 Å². The zero-order valence-corrected chi connectivity index (χ0v) is 19.9. The van der Waals surface area contributed by atoms with Gasteiger partial charge in [0.1, 0.15) is 5.60 Å². The molecule has 0 spiro atoms. The highest BCUT2D eigenvalue weighted by Crippen LogP contribution is 2.30. The molecule has 0 saturated carbocycles. The zero-order chi connectivity index (χ0) is 24.6. The van der Waals surface area contributed by atoms with E-state index in [1.165, 1.54) is 6.07 Å². The molecule has 0 bridgehead atoms. The summed E-state index contributed by atoms with van der Waals surface area (Å²) in [6, 6.07) is 6.12. The quantitative estimate of drug-likeness (QED) is 0.370. The Morgan fingerprint density at radius 2 is 1.97 bits per heavy atom. The minimum Gasteiger partial charge on any atom is -0.444 e. The van der Waals surface area contributed by atoms with E-state index in [2.05, 4.69) is 11.1 Å². The number of carbonyl (C=O) groups excluding carboxylic acids is 1. The molecule has 0 N–H and O–H groups in total. The smallest absolute Gasteiger partial charge is 0.410 e. The summed E-state index contributed by atoms with van der Waals surface area (Å²) in [5, 5.41) is 11.5. The molecule has 0 aliphatic carbocycles. The minimum absolute atomic E-state index is 0.265. The molecule has 3 aromatic rings. The molecule has 8 nitrogen and oxygen atoms in total. The first-order chi connectivity index (χ1) is 16.0. The molecular formula is C25H29FN4O4. The van der Waals surface area contributed by atoms with Crippen LogP contribution in [0.3, 0.4) is 0 Å². The molecule has 34 heavy (non-hydrogen) atoms. The average molecular weight is 469 g/mol. The zero-order valence-electron chi connectivity index (χ0n) is 19.9. The van der Waals surface area contributed by atoms with Gasteiger partial charge in [-0.2, -0.15) is 0 Å². The number of nitro benzene ring substituents is 1. The number of piperidine rings is 1. The van der Waals surface area contributed by atoms with E-state index < -0.39 is 16.3 Å². The highest BCUT2D eigenvalue weighted by Gasteiger charge is 2.28. The number of hydrogen-bond acceptors (Lipinski definition) is 5. The van der Waals surface area contributed by atoms with Crippen LogP contribution in [-0.2, 0) is 11.3 Å². The molecule has 9 heteroatoms. The van der Waals surface area contributed by atoms with Gasteiger partial charge in [0.05, 0.1) is 28.7 Å². The van der Waals surface area contributed by atoms with Crippen LogP contribution in [0.1, 0.15) is 56.4 Å². The van der Waals surface area contributed by atoms with Crippen molar-refractivity contribution in [2.75, 3.05) is 13.1 Å². The Hall–Kier alpha value is -3.49. The molecule has 4 rings (SSSR count). The van der Waals surface area contributed by atoms with Crippen molar-refractivity contribution in [1.29, 1.82) is 0 Å². The summed E-state index contributed by atoms with van der Waals surface area (Å²) < 4.78 is 21.8. The third kappa shape index (κ3) is 5.03. The van der Waals surface area contributed by atoms with Crippen LogP contribution in [-0.4, -0.2) is 44.2 Å². The number of ether oxygens (including phenoxy) is 1. The molecule has 1 amide bonds. The van der Waals surface area contributed by atoms with Gasteiger partial charge in [0.2, 0.25) is 0 Å². The number of rotatable bonds is 4. The number of nitrogens with zero attached hydrogens (tertiary/aromatic N) is 4. The highest BCUT2D eigenvalue weighted by molar-refractivity contribution is 5.83. The first kappa shape index (κ1) is 23.7. The number of hydrogen-bond donors (Lipinski definition) is 0. The number of aromatic nitrogens is 2. The van der Waals surface area contributed by atoms with Gasteiger partial charge in [-0.15, -0.1) is 0 Å². The Morgan fingerprint density at radius 3 is 2.59 bits per heavy atom. The molecule has 3 heterocycles. The number of pyridine rings is 1. The molecule has 1 aromatic carbocycles. The number of aryl methyl sites for hydroxylation is 1. The minimum atomic E-state index is -0.625. The fourth-order valence-electron chi connectivity index (χ4n) is 4.41. The maximum atomic E-state index is 14.6. The van der Waals surface area contributed by atoms with E-state index in [0.29, 0.717) is 36.5 Å². The Labute approximate surface area is 197 Å². The summed E-state index contributed by atoms with van der Waals surface area (Å²) in [5.41, 5.74) is 2.49. The second-order valence-corrected chi connectivity index (χ2v) is 9.84. The SMILES string of the molecule is Cc1cc(C2CCN(C(=O)OC(C)(C)C)CC2)cnc1Cn1ccc2cc([N+](=O)[O-])cc(F)c21. The normalized spacial score (nSPS) is 15.0. The molecule has 1 aliphatic rings. The van der Waals surface area contributed by atoms with Gasteiger partial charge in [-0.1, -0.05) is 6.07 Å². The lowest BCUT2D eigenvalue weighted by molar-refractivity contribution is -0.384. The van der Waals surface area contributed by atoms with Crippen molar-refractivity contribution in [3.63, 3.8) is 0 Å². The summed E-state index contributed by atoms with van der Waals surface area (Å²) >= 11 is 0. The second kappa shape index (κ2) is 9.04.